The molecule has 0 fully saturated rings. The second-order valence-corrected chi connectivity index (χ2v) is 7.68. The molecule has 0 spiro atoms. The average molecular weight is 467 g/mol. The number of anilines is 1. The third kappa shape index (κ3) is 6.86. The fraction of sp³-hybridized carbons (Fsp3) is 0.391. The summed E-state index contributed by atoms with van der Waals surface area (Å²) in [4.78, 5) is 27.5. The molecule has 0 radical (unpaired) electrons. The van der Waals surface area contributed by atoms with Crippen LogP contribution in [0.4, 0.5) is 5.69 Å². The van der Waals surface area contributed by atoms with Crippen LogP contribution in [0.1, 0.15) is 34.5 Å². The van der Waals surface area contributed by atoms with Gasteiger partial charge in [-0.25, -0.2) is 4.79 Å². The molecule has 0 aliphatic rings. The Morgan fingerprint density at radius 3 is 2.32 bits per heavy atom. The van der Waals surface area contributed by atoms with E-state index in [2.05, 4.69) is 5.32 Å². The van der Waals surface area contributed by atoms with Gasteiger partial charge in [0.05, 0.1) is 6.61 Å². The topological polar surface area (TPSA) is 78.9 Å². The van der Waals surface area contributed by atoms with Crippen molar-refractivity contribution in [2.24, 2.45) is 0 Å². The molecular formula is C23H28Cl2N2O4. The van der Waals surface area contributed by atoms with Gasteiger partial charge >= 0.3 is 5.97 Å². The van der Waals surface area contributed by atoms with Gasteiger partial charge in [0.15, 0.2) is 6.04 Å². The lowest BCUT2D eigenvalue weighted by molar-refractivity contribution is -0.148. The Balaban J connectivity index is 2.30. The van der Waals surface area contributed by atoms with Crippen molar-refractivity contribution in [3.63, 3.8) is 0 Å². The second kappa shape index (κ2) is 12.5. The van der Waals surface area contributed by atoms with E-state index in [0.29, 0.717) is 36.0 Å². The first-order chi connectivity index (χ1) is 14.9. The Labute approximate surface area is 193 Å². The number of hydrogen-bond acceptors (Lipinski definition) is 5. The van der Waals surface area contributed by atoms with Crippen LogP contribution in [0.25, 0.3) is 0 Å². The molecule has 0 aliphatic heterocycles. The number of ether oxygens (including phenoxy) is 1. The van der Waals surface area contributed by atoms with Crippen LogP contribution >= 0.6 is 23.2 Å². The van der Waals surface area contributed by atoms with E-state index in [1.165, 1.54) is 0 Å². The van der Waals surface area contributed by atoms with Crippen molar-refractivity contribution in [3.8, 4) is 0 Å². The SMILES string of the molecule is CCOC(=O)[C@H](NC(=O)c1ccc(C)c(N(CCCl)CCCl)c1)[C@@H](O)c1ccccc1. The molecule has 0 saturated heterocycles. The number of alkyl halides is 2. The van der Waals surface area contributed by atoms with Crippen LogP contribution in [0.15, 0.2) is 48.5 Å². The molecule has 2 rings (SSSR count). The van der Waals surface area contributed by atoms with Crippen LogP contribution in [0.5, 0.6) is 0 Å². The van der Waals surface area contributed by atoms with Crippen molar-refractivity contribution < 1.29 is 19.4 Å². The maximum atomic E-state index is 13.0. The summed E-state index contributed by atoms with van der Waals surface area (Å²) < 4.78 is 5.08. The number of aryl methyl sites for hydroxylation is 1. The minimum absolute atomic E-state index is 0.132. The van der Waals surface area contributed by atoms with Gasteiger partial charge in [-0.15, -0.1) is 23.2 Å². The molecule has 168 valence electrons. The van der Waals surface area contributed by atoms with Gasteiger partial charge in [-0.3, -0.25) is 4.79 Å². The highest BCUT2D eigenvalue weighted by atomic mass is 35.5. The predicted molar refractivity (Wildman–Crippen MR) is 124 cm³/mol. The number of hydrogen-bond donors (Lipinski definition) is 2. The number of halogens is 2. The molecule has 0 bridgehead atoms. The highest BCUT2D eigenvalue weighted by Crippen LogP contribution is 2.23. The van der Waals surface area contributed by atoms with E-state index in [4.69, 9.17) is 27.9 Å². The molecule has 8 heteroatoms. The standard InChI is InChI=1S/C23H28Cl2N2O4/c1-3-31-23(30)20(21(28)17-7-5-4-6-8-17)26-22(29)18-10-9-16(2)19(15-18)27(13-11-24)14-12-25/h4-10,15,20-21,28H,3,11-14H2,1-2H3,(H,26,29)/t20-,21+/m1/s1. The summed E-state index contributed by atoms with van der Waals surface area (Å²) in [6.45, 7) is 4.90. The smallest absolute Gasteiger partial charge is 0.331 e. The lowest BCUT2D eigenvalue weighted by atomic mass is 10.0. The van der Waals surface area contributed by atoms with E-state index in [-0.39, 0.29) is 6.61 Å². The summed E-state index contributed by atoms with van der Waals surface area (Å²) in [6.07, 6.45) is -1.25. The fourth-order valence-corrected chi connectivity index (χ4v) is 3.62. The number of benzene rings is 2. The van der Waals surface area contributed by atoms with Crippen molar-refractivity contribution in [3.05, 3.63) is 65.2 Å². The van der Waals surface area contributed by atoms with E-state index in [1.54, 1.807) is 49.4 Å². The zero-order valence-electron chi connectivity index (χ0n) is 17.7. The number of carbonyl (C=O) groups is 2. The van der Waals surface area contributed by atoms with Gasteiger partial charge in [0.1, 0.15) is 6.10 Å². The van der Waals surface area contributed by atoms with Crippen LogP contribution in [0.2, 0.25) is 0 Å². The first kappa shape index (κ1) is 25.0. The Hall–Kier alpha value is -2.28. The number of rotatable bonds is 11. The first-order valence-corrected chi connectivity index (χ1v) is 11.2. The minimum Gasteiger partial charge on any atom is -0.464 e. The molecule has 1 amide bonds. The predicted octanol–water partition coefficient (Wildman–Crippen LogP) is 3.67. The van der Waals surface area contributed by atoms with E-state index in [1.807, 2.05) is 17.9 Å². The zero-order valence-corrected chi connectivity index (χ0v) is 19.2. The molecule has 0 unspecified atom stereocenters. The summed E-state index contributed by atoms with van der Waals surface area (Å²) in [5, 5.41) is 13.4. The van der Waals surface area contributed by atoms with Gasteiger partial charge in [0, 0.05) is 36.1 Å². The molecule has 6 nitrogen and oxygen atoms in total. The molecular weight excluding hydrogens is 439 g/mol. The summed E-state index contributed by atoms with van der Waals surface area (Å²) in [7, 11) is 0. The lowest BCUT2D eigenvalue weighted by Gasteiger charge is -2.26. The number of esters is 1. The van der Waals surface area contributed by atoms with E-state index < -0.39 is 24.0 Å². The molecule has 2 atom stereocenters. The number of amides is 1. The molecule has 2 aromatic carbocycles. The summed E-state index contributed by atoms with van der Waals surface area (Å²) >= 11 is 11.8. The van der Waals surface area contributed by atoms with Gasteiger partial charge in [0.2, 0.25) is 0 Å². The summed E-state index contributed by atoms with van der Waals surface area (Å²) in [6, 6.07) is 12.6. The molecule has 0 aromatic heterocycles. The second-order valence-electron chi connectivity index (χ2n) is 6.92. The number of aliphatic hydroxyl groups excluding tert-OH is 1. The minimum atomic E-state index is -1.25. The van der Waals surface area contributed by atoms with Crippen LogP contribution in [-0.2, 0) is 9.53 Å². The normalized spacial score (nSPS) is 12.7. The number of nitrogens with one attached hydrogen (secondary N) is 1. The molecule has 0 saturated carbocycles. The van der Waals surface area contributed by atoms with Gasteiger partial charge in [-0.05, 0) is 37.1 Å². The molecule has 2 N–H and O–H groups in total. The molecule has 0 heterocycles. The maximum absolute atomic E-state index is 13.0. The molecule has 2 aromatic rings. The van der Waals surface area contributed by atoms with Gasteiger partial charge in [-0.2, -0.15) is 0 Å². The van der Waals surface area contributed by atoms with Crippen LogP contribution in [0, 0.1) is 6.92 Å². The highest BCUT2D eigenvalue weighted by molar-refractivity contribution is 6.18. The van der Waals surface area contributed by atoms with Gasteiger partial charge in [0.25, 0.3) is 5.91 Å². The fourth-order valence-electron chi connectivity index (χ4n) is 3.21. The maximum Gasteiger partial charge on any atom is 0.331 e. The van der Waals surface area contributed by atoms with E-state index in [9.17, 15) is 14.7 Å². The number of aliphatic hydroxyl groups is 1. The van der Waals surface area contributed by atoms with Crippen LogP contribution in [-0.4, -0.2) is 54.5 Å². The third-order valence-electron chi connectivity index (χ3n) is 4.80. The highest BCUT2D eigenvalue weighted by Gasteiger charge is 2.31. The van der Waals surface area contributed by atoms with Gasteiger partial charge in [-0.1, -0.05) is 36.4 Å². The number of nitrogens with zero attached hydrogens (tertiary/aromatic N) is 1. The van der Waals surface area contributed by atoms with Gasteiger partial charge < -0.3 is 20.1 Å². The monoisotopic (exact) mass is 466 g/mol. The van der Waals surface area contributed by atoms with E-state index >= 15 is 0 Å². The quantitative estimate of drug-likeness (QED) is 0.390. The Morgan fingerprint density at radius 2 is 1.74 bits per heavy atom. The zero-order chi connectivity index (χ0) is 22.8. The van der Waals surface area contributed by atoms with Crippen molar-refractivity contribution in [2.75, 3.05) is 36.4 Å². The number of carbonyl (C=O) groups excluding carboxylic acids is 2. The molecule has 31 heavy (non-hydrogen) atoms. The van der Waals surface area contributed by atoms with Crippen molar-refractivity contribution >= 4 is 40.8 Å². The largest absolute Gasteiger partial charge is 0.464 e. The lowest BCUT2D eigenvalue weighted by Crippen LogP contribution is -2.46. The third-order valence-corrected chi connectivity index (χ3v) is 5.14. The van der Waals surface area contributed by atoms with Crippen molar-refractivity contribution in [1.82, 2.24) is 5.32 Å². The summed E-state index contributed by atoms with van der Waals surface area (Å²) in [5.41, 5.74) is 2.66. The Kier molecular flexibility index (Phi) is 10.1. The van der Waals surface area contributed by atoms with Crippen molar-refractivity contribution in [2.45, 2.75) is 26.0 Å². The Morgan fingerprint density at radius 1 is 1.10 bits per heavy atom. The molecule has 0 aliphatic carbocycles. The first-order valence-electron chi connectivity index (χ1n) is 10.1. The average Bonchev–Trinajstić information content (AvgIpc) is 2.77. The van der Waals surface area contributed by atoms with Crippen LogP contribution in [0.3, 0.4) is 0 Å². The van der Waals surface area contributed by atoms with Crippen LogP contribution < -0.4 is 10.2 Å². The Bertz CT molecular complexity index is 858. The summed E-state index contributed by atoms with van der Waals surface area (Å²) in [5.74, 6) is -0.363. The van der Waals surface area contributed by atoms with Crippen molar-refractivity contribution in [1.29, 1.82) is 0 Å². The van der Waals surface area contributed by atoms with E-state index in [0.717, 1.165) is 11.3 Å².